The Hall–Kier alpha value is -2.51. The fraction of sp³-hybridized carbons (Fsp3) is 0.176. The van der Waals surface area contributed by atoms with E-state index in [9.17, 15) is 4.39 Å². The Morgan fingerprint density at radius 1 is 1.20 bits per heavy atom. The van der Waals surface area contributed by atoms with Crippen molar-refractivity contribution in [3.05, 3.63) is 47.2 Å². The Bertz CT molecular complexity index is 955. The molecule has 0 atom stereocenters. The van der Waals surface area contributed by atoms with E-state index in [1.165, 1.54) is 30.6 Å². The first-order valence-corrected chi connectivity index (χ1v) is 8.08. The van der Waals surface area contributed by atoms with Crippen LogP contribution < -0.4 is 16.4 Å². The van der Waals surface area contributed by atoms with E-state index in [0.29, 0.717) is 11.2 Å². The van der Waals surface area contributed by atoms with Gasteiger partial charge in [-0.1, -0.05) is 17.7 Å². The average molecular weight is 362 g/mol. The predicted molar refractivity (Wildman–Crippen MR) is 94.6 cm³/mol. The van der Waals surface area contributed by atoms with Gasteiger partial charge in [-0.05, 0) is 18.2 Å². The molecule has 0 radical (unpaired) electrons. The summed E-state index contributed by atoms with van der Waals surface area (Å²) in [6, 6.07) is 5.91. The zero-order valence-electron chi connectivity index (χ0n) is 13.0. The molecule has 0 bridgehead atoms. The number of aromatic nitrogens is 2. The summed E-state index contributed by atoms with van der Waals surface area (Å²) < 4.78 is 29.4. The highest BCUT2D eigenvalue weighted by Gasteiger charge is 2.23. The summed E-state index contributed by atoms with van der Waals surface area (Å²) in [6.07, 6.45) is 1.27. The first-order valence-electron chi connectivity index (χ1n) is 7.70. The van der Waals surface area contributed by atoms with Gasteiger partial charge in [0.1, 0.15) is 23.5 Å². The van der Waals surface area contributed by atoms with Gasteiger partial charge < -0.3 is 16.4 Å². The molecule has 1 saturated heterocycles. The molecule has 128 valence electrons. The van der Waals surface area contributed by atoms with Gasteiger partial charge in [0.25, 0.3) is 0 Å². The van der Waals surface area contributed by atoms with Crippen LogP contribution >= 0.6 is 11.6 Å². The standard InChI is InChI=1S/C17H14ClF2N5/c18-10-4-9-16(23-7-24-17(9)25-8-5-22-6-8)15(20)13(10)14-11(19)2-1-3-12(14)21/h1-4,7-8,22H,5-6,21H2,(H,23,24,25). The van der Waals surface area contributed by atoms with E-state index in [1.54, 1.807) is 0 Å². The van der Waals surface area contributed by atoms with Crippen LogP contribution in [-0.2, 0) is 0 Å². The molecular formula is C17H14ClF2N5. The van der Waals surface area contributed by atoms with Crippen LogP contribution in [0.2, 0.25) is 5.02 Å². The van der Waals surface area contributed by atoms with Crippen LogP contribution in [0.5, 0.6) is 0 Å². The quantitative estimate of drug-likeness (QED) is 0.625. The van der Waals surface area contributed by atoms with E-state index in [4.69, 9.17) is 17.3 Å². The van der Waals surface area contributed by atoms with Crippen LogP contribution in [0.3, 0.4) is 0 Å². The predicted octanol–water partition coefficient (Wildman–Crippen LogP) is 3.19. The van der Waals surface area contributed by atoms with Gasteiger partial charge >= 0.3 is 0 Å². The second kappa shape index (κ2) is 6.09. The summed E-state index contributed by atoms with van der Waals surface area (Å²) in [4.78, 5) is 8.19. The molecule has 25 heavy (non-hydrogen) atoms. The minimum absolute atomic E-state index is 0.0476. The van der Waals surface area contributed by atoms with E-state index < -0.39 is 11.6 Å². The van der Waals surface area contributed by atoms with Crippen LogP contribution in [-0.4, -0.2) is 29.1 Å². The third-order valence-corrected chi connectivity index (χ3v) is 4.54. The summed E-state index contributed by atoms with van der Waals surface area (Å²) >= 11 is 6.29. The van der Waals surface area contributed by atoms with E-state index in [2.05, 4.69) is 20.6 Å². The molecule has 1 aliphatic heterocycles. The molecule has 2 aromatic carbocycles. The third-order valence-electron chi connectivity index (χ3n) is 4.24. The largest absolute Gasteiger partial charge is 0.398 e. The van der Waals surface area contributed by atoms with Gasteiger partial charge in [-0.25, -0.2) is 18.7 Å². The highest BCUT2D eigenvalue weighted by Crippen LogP contribution is 2.40. The lowest BCUT2D eigenvalue weighted by molar-refractivity contribution is 0.471. The maximum absolute atomic E-state index is 15.2. The van der Waals surface area contributed by atoms with Crippen molar-refractivity contribution < 1.29 is 8.78 Å². The third kappa shape index (κ3) is 2.65. The fourth-order valence-corrected chi connectivity index (χ4v) is 3.15. The number of anilines is 2. The highest BCUT2D eigenvalue weighted by molar-refractivity contribution is 6.34. The van der Waals surface area contributed by atoms with E-state index in [1.807, 2.05) is 0 Å². The summed E-state index contributed by atoms with van der Waals surface area (Å²) in [6.45, 7) is 1.59. The van der Waals surface area contributed by atoms with Crippen molar-refractivity contribution in [2.45, 2.75) is 6.04 Å². The number of benzene rings is 2. The van der Waals surface area contributed by atoms with Crippen molar-refractivity contribution in [1.29, 1.82) is 0 Å². The van der Waals surface area contributed by atoms with Gasteiger partial charge in [-0.15, -0.1) is 0 Å². The van der Waals surface area contributed by atoms with Crippen LogP contribution in [0.25, 0.3) is 22.0 Å². The summed E-state index contributed by atoms with van der Waals surface area (Å²) in [7, 11) is 0. The van der Waals surface area contributed by atoms with Crippen molar-refractivity contribution in [3.63, 3.8) is 0 Å². The molecule has 0 amide bonds. The molecule has 5 nitrogen and oxygen atoms in total. The second-order valence-electron chi connectivity index (χ2n) is 5.87. The lowest BCUT2D eigenvalue weighted by Gasteiger charge is -2.28. The number of fused-ring (bicyclic) bond motifs is 1. The number of hydrogen-bond donors (Lipinski definition) is 3. The first kappa shape index (κ1) is 16.0. The Balaban J connectivity index is 1.93. The van der Waals surface area contributed by atoms with Gasteiger partial charge in [0.15, 0.2) is 5.82 Å². The SMILES string of the molecule is Nc1cccc(F)c1-c1c(Cl)cc2c(NC3CNC3)ncnc2c1F. The molecular weight excluding hydrogens is 348 g/mol. The Morgan fingerprint density at radius 2 is 2.00 bits per heavy atom. The lowest BCUT2D eigenvalue weighted by atomic mass is 10.00. The highest BCUT2D eigenvalue weighted by atomic mass is 35.5. The van der Waals surface area contributed by atoms with Crippen LogP contribution in [0.15, 0.2) is 30.6 Å². The molecule has 1 fully saturated rings. The van der Waals surface area contributed by atoms with Crippen LogP contribution in [0, 0.1) is 11.6 Å². The van der Waals surface area contributed by atoms with E-state index >= 15 is 4.39 Å². The molecule has 0 unspecified atom stereocenters. The van der Waals surface area contributed by atoms with Gasteiger partial charge in [0, 0.05) is 35.3 Å². The maximum atomic E-state index is 15.2. The molecule has 0 aliphatic carbocycles. The minimum atomic E-state index is -0.725. The van der Waals surface area contributed by atoms with E-state index in [0.717, 1.165) is 13.1 Å². The maximum Gasteiger partial charge on any atom is 0.159 e. The minimum Gasteiger partial charge on any atom is -0.398 e. The zero-order valence-corrected chi connectivity index (χ0v) is 13.7. The number of rotatable bonds is 3. The Morgan fingerprint density at radius 3 is 2.68 bits per heavy atom. The van der Waals surface area contributed by atoms with Crippen molar-refractivity contribution in [3.8, 4) is 11.1 Å². The summed E-state index contributed by atoms with van der Waals surface area (Å²) in [5.74, 6) is -0.880. The number of nitrogens with two attached hydrogens (primary N) is 1. The monoisotopic (exact) mass is 361 g/mol. The number of nitrogens with one attached hydrogen (secondary N) is 2. The number of nitrogens with zero attached hydrogens (tertiary/aromatic N) is 2. The molecule has 8 heteroatoms. The van der Waals surface area contributed by atoms with Gasteiger partial charge in [0.2, 0.25) is 0 Å². The zero-order chi connectivity index (χ0) is 17.6. The van der Waals surface area contributed by atoms with Crippen LogP contribution in [0.4, 0.5) is 20.3 Å². The molecule has 4 N–H and O–H groups in total. The first-order chi connectivity index (χ1) is 12.1. The van der Waals surface area contributed by atoms with Crippen molar-refractivity contribution >= 4 is 34.0 Å². The molecule has 2 heterocycles. The van der Waals surface area contributed by atoms with Crippen molar-refractivity contribution in [2.24, 2.45) is 0 Å². The Kier molecular flexibility index (Phi) is 3.89. The number of hydrogen-bond acceptors (Lipinski definition) is 5. The smallest absolute Gasteiger partial charge is 0.159 e. The van der Waals surface area contributed by atoms with E-state index in [-0.39, 0.29) is 33.4 Å². The molecule has 4 rings (SSSR count). The average Bonchev–Trinajstić information content (AvgIpc) is 2.54. The fourth-order valence-electron chi connectivity index (χ4n) is 2.86. The van der Waals surface area contributed by atoms with Gasteiger partial charge in [-0.2, -0.15) is 0 Å². The summed E-state index contributed by atoms with van der Waals surface area (Å²) in [5.41, 5.74) is 5.84. The normalized spacial score (nSPS) is 14.5. The van der Waals surface area contributed by atoms with Crippen molar-refractivity contribution in [2.75, 3.05) is 24.1 Å². The topological polar surface area (TPSA) is 75.9 Å². The molecule has 3 aromatic rings. The molecule has 0 spiro atoms. The van der Waals surface area contributed by atoms with Gasteiger partial charge in [-0.3, -0.25) is 0 Å². The number of nitrogen functional groups attached to an aromatic ring is 1. The number of halogens is 3. The second-order valence-corrected chi connectivity index (χ2v) is 6.28. The molecule has 1 aromatic heterocycles. The molecule has 1 aliphatic rings. The lowest BCUT2D eigenvalue weighted by Crippen LogP contribution is -2.51. The molecule has 0 saturated carbocycles. The summed E-state index contributed by atoms with van der Waals surface area (Å²) in [5, 5.41) is 6.84. The van der Waals surface area contributed by atoms with Gasteiger partial charge in [0.05, 0.1) is 11.1 Å². The van der Waals surface area contributed by atoms with Crippen molar-refractivity contribution in [1.82, 2.24) is 15.3 Å². The Labute approximate surface area is 147 Å². The van der Waals surface area contributed by atoms with Crippen LogP contribution in [0.1, 0.15) is 0 Å².